The van der Waals surface area contributed by atoms with Crippen LogP contribution < -0.4 is 30.1 Å². The fourth-order valence-electron chi connectivity index (χ4n) is 9.97. The van der Waals surface area contributed by atoms with Crippen LogP contribution in [0.25, 0.3) is 0 Å². The first-order valence-corrected chi connectivity index (χ1v) is 24.3. The van der Waals surface area contributed by atoms with Crippen molar-refractivity contribution in [3.63, 3.8) is 0 Å². The lowest BCUT2D eigenvalue weighted by molar-refractivity contribution is 0.0808. The highest BCUT2D eigenvalue weighted by atomic mass is 35.5. The van der Waals surface area contributed by atoms with Crippen LogP contribution in [-0.4, -0.2) is 97.5 Å². The van der Waals surface area contributed by atoms with Crippen LogP contribution in [0.5, 0.6) is 0 Å². The molecule has 0 aliphatic carbocycles. The maximum absolute atomic E-state index is 15.7. The number of fused-ring (bicyclic) bond motifs is 1. The molecule has 0 radical (unpaired) electrons. The van der Waals surface area contributed by atoms with Gasteiger partial charge in [-0.2, -0.15) is 4.98 Å². The molecule has 5 heterocycles. The molecule has 1 unspecified atom stereocenters. The topological polar surface area (TPSA) is 78.1 Å². The Morgan fingerprint density at radius 1 is 0.935 bits per heavy atom. The predicted octanol–water partition coefficient (Wildman–Crippen LogP) is 10.4. The smallest absolute Gasteiger partial charge is 0.229 e. The lowest BCUT2D eigenvalue weighted by Gasteiger charge is -2.43. The lowest BCUT2D eigenvalue weighted by Crippen LogP contribution is -2.53. The van der Waals surface area contributed by atoms with Crippen molar-refractivity contribution in [3.05, 3.63) is 114 Å². The number of hydrogen-bond acceptors (Lipinski definition) is 11. The van der Waals surface area contributed by atoms with Crippen LogP contribution in [0.2, 0.25) is 5.02 Å². The Bertz CT molecular complexity index is 2130. The normalized spacial score (nSPS) is 18.4. The summed E-state index contributed by atoms with van der Waals surface area (Å²) in [5, 5.41) is 10.2. The number of allylic oxidation sites excluding steroid dienone is 1. The number of aromatic nitrogens is 2. The third-order valence-corrected chi connectivity index (χ3v) is 14.6. The van der Waals surface area contributed by atoms with E-state index < -0.39 is 0 Å². The SMILES string of the molecule is C=CNC(=C)C(CCC)c1ccc(N2CCC(CCN3CCN(C4CCN(c5ccc(Nc6ncc(Cl)c(Nc7cccc8c7N(SC)CC8)n6)cc5F)CC4)CC3)CC2)cc1. The monoisotopic (exact) mass is 878 g/mol. The average Bonchev–Trinajstić information content (AvgIpc) is 3.74. The summed E-state index contributed by atoms with van der Waals surface area (Å²) in [4.78, 5) is 19.2. The molecule has 4 aromatic rings. The van der Waals surface area contributed by atoms with Gasteiger partial charge in [-0.1, -0.05) is 74.3 Å². The molecule has 4 aliphatic rings. The fourth-order valence-corrected chi connectivity index (χ4v) is 10.8. The molecule has 1 aromatic heterocycles. The van der Waals surface area contributed by atoms with Gasteiger partial charge in [0.1, 0.15) is 10.8 Å². The highest BCUT2D eigenvalue weighted by molar-refractivity contribution is 8.00. The summed E-state index contributed by atoms with van der Waals surface area (Å²) in [5.74, 6) is 1.71. The summed E-state index contributed by atoms with van der Waals surface area (Å²) < 4.78 is 18.0. The Morgan fingerprint density at radius 3 is 2.40 bits per heavy atom. The van der Waals surface area contributed by atoms with Crippen molar-refractivity contribution in [3.8, 4) is 0 Å². The first kappa shape index (κ1) is 44.1. The molecular weight excluding hydrogens is 815 g/mol. The van der Waals surface area contributed by atoms with E-state index in [1.54, 1.807) is 30.4 Å². The van der Waals surface area contributed by atoms with Crippen LogP contribution in [-0.2, 0) is 6.42 Å². The Balaban J connectivity index is 0.751. The van der Waals surface area contributed by atoms with Crippen molar-refractivity contribution >= 4 is 63.8 Å². The first-order valence-electron chi connectivity index (χ1n) is 22.7. The number of para-hydroxylation sites is 1. The van der Waals surface area contributed by atoms with Gasteiger partial charge in [-0.15, -0.1) is 0 Å². The predicted molar refractivity (Wildman–Crippen MR) is 260 cm³/mol. The van der Waals surface area contributed by atoms with Crippen molar-refractivity contribution < 1.29 is 4.39 Å². The molecule has 3 fully saturated rings. The van der Waals surface area contributed by atoms with Crippen molar-refractivity contribution in [1.82, 2.24) is 25.1 Å². The van der Waals surface area contributed by atoms with E-state index in [4.69, 9.17) is 11.6 Å². The third kappa shape index (κ3) is 10.5. The molecule has 4 aliphatic heterocycles. The second-order valence-corrected chi connectivity index (χ2v) is 18.5. The number of piperidine rings is 2. The number of piperazine rings is 1. The molecule has 0 saturated carbocycles. The van der Waals surface area contributed by atoms with Gasteiger partial charge < -0.3 is 35.0 Å². The molecule has 3 aromatic carbocycles. The second kappa shape index (κ2) is 20.8. The third-order valence-electron chi connectivity index (χ3n) is 13.5. The Morgan fingerprint density at radius 2 is 1.69 bits per heavy atom. The van der Waals surface area contributed by atoms with E-state index in [1.165, 1.54) is 42.6 Å². The van der Waals surface area contributed by atoms with Crippen molar-refractivity contribution in [2.24, 2.45) is 5.92 Å². The second-order valence-electron chi connectivity index (χ2n) is 17.3. The molecule has 0 bridgehead atoms. The molecule has 3 saturated heterocycles. The highest BCUT2D eigenvalue weighted by Crippen LogP contribution is 2.41. The summed E-state index contributed by atoms with van der Waals surface area (Å²) in [6, 6.07) is 21.3. The van der Waals surface area contributed by atoms with Crippen molar-refractivity contribution in [2.75, 3.05) is 96.4 Å². The molecule has 0 spiro atoms. The quantitative estimate of drug-likeness (QED) is 0.0888. The average molecular weight is 880 g/mol. The zero-order valence-electron chi connectivity index (χ0n) is 36.6. The van der Waals surface area contributed by atoms with E-state index in [-0.39, 0.29) is 5.82 Å². The van der Waals surface area contributed by atoms with E-state index in [9.17, 15) is 0 Å². The van der Waals surface area contributed by atoms with E-state index in [1.807, 2.05) is 24.3 Å². The van der Waals surface area contributed by atoms with Gasteiger partial charge >= 0.3 is 0 Å². The molecule has 62 heavy (non-hydrogen) atoms. The Labute approximate surface area is 378 Å². The summed E-state index contributed by atoms with van der Waals surface area (Å²) in [5.41, 5.74) is 8.32. The largest absolute Gasteiger partial charge is 0.372 e. The molecule has 10 nitrogen and oxygen atoms in total. The van der Waals surface area contributed by atoms with E-state index in [0.29, 0.717) is 40.1 Å². The molecule has 8 rings (SSSR count). The highest BCUT2D eigenvalue weighted by Gasteiger charge is 2.30. The number of anilines is 7. The first-order chi connectivity index (χ1) is 30.3. The maximum atomic E-state index is 15.7. The summed E-state index contributed by atoms with van der Waals surface area (Å²) >= 11 is 8.24. The maximum Gasteiger partial charge on any atom is 0.229 e. The van der Waals surface area contributed by atoms with Gasteiger partial charge in [-0.05, 0) is 111 Å². The van der Waals surface area contributed by atoms with Gasteiger partial charge in [0.05, 0.1) is 23.3 Å². The number of hydrogen-bond donors (Lipinski definition) is 3. The number of benzene rings is 3. The Hall–Kier alpha value is -4.49. The van der Waals surface area contributed by atoms with Crippen LogP contribution >= 0.6 is 23.5 Å². The lowest BCUT2D eigenvalue weighted by atomic mass is 9.90. The van der Waals surface area contributed by atoms with Gasteiger partial charge in [0.15, 0.2) is 5.82 Å². The fraction of sp³-hybridized carbons (Fsp3) is 0.469. The van der Waals surface area contributed by atoms with Crippen LogP contribution in [0.4, 0.5) is 44.6 Å². The molecule has 13 heteroatoms. The standard InChI is InChI=1S/C49H64ClFN10S/c1-5-8-42(35(3)52-6-2)37-11-14-40(15-12-37)58-24-18-36(19-25-58)17-23-57-29-31-59(32-30-57)41-21-26-60(27-22-41)46-16-13-39(33-44(46)51)54-49-53-34-43(50)48(56-49)55-45-10-7-9-38-20-28-61(62-4)47(38)45/h6-7,9-16,33-34,36,41-42,52H,2-3,5,8,17-32H2,1,4H3,(H2,53,54,55,56). The molecule has 0 amide bonds. The summed E-state index contributed by atoms with van der Waals surface area (Å²) in [6.45, 7) is 21.0. The van der Waals surface area contributed by atoms with Crippen LogP contribution in [0.1, 0.15) is 68.9 Å². The minimum absolute atomic E-state index is 0.244. The van der Waals surface area contributed by atoms with Crippen LogP contribution in [0.15, 0.2) is 91.9 Å². The minimum Gasteiger partial charge on any atom is -0.372 e. The van der Waals surface area contributed by atoms with Gasteiger partial charge in [-0.3, -0.25) is 4.90 Å². The van der Waals surface area contributed by atoms with Gasteiger partial charge in [-0.25, -0.2) is 9.37 Å². The number of rotatable bonds is 17. The minimum atomic E-state index is -0.244. The Kier molecular flexibility index (Phi) is 14.8. The molecule has 330 valence electrons. The van der Waals surface area contributed by atoms with Gasteiger partial charge in [0, 0.05) is 94.2 Å². The number of halogens is 2. The zero-order chi connectivity index (χ0) is 43.0. The number of nitrogens with one attached hydrogen (secondary N) is 3. The van der Waals surface area contributed by atoms with E-state index in [0.717, 1.165) is 114 Å². The summed E-state index contributed by atoms with van der Waals surface area (Å²) in [7, 11) is 0. The molecule has 1 atom stereocenters. The van der Waals surface area contributed by atoms with E-state index in [2.05, 4.69) is 106 Å². The van der Waals surface area contributed by atoms with Gasteiger partial charge in [0.2, 0.25) is 5.95 Å². The zero-order valence-corrected chi connectivity index (χ0v) is 38.2. The van der Waals surface area contributed by atoms with Crippen molar-refractivity contribution in [1.29, 1.82) is 0 Å². The van der Waals surface area contributed by atoms with Crippen LogP contribution in [0, 0.1) is 11.7 Å². The number of nitrogens with zero attached hydrogens (tertiary/aromatic N) is 7. The molecule has 3 N–H and O–H groups in total. The van der Waals surface area contributed by atoms with Crippen molar-refractivity contribution in [2.45, 2.75) is 70.3 Å². The van der Waals surface area contributed by atoms with Gasteiger partial charge in [0.25, 0.3) is 0 Å². The molecular formula is C49H64ClFN10S. The van der Waals surface area contributed by atoms with Crippen LogP contribution in [0.3, 0.4) is 0 Å². The van der Waals surface area contributed by atoms with E-state index >= 15 is 4.39 Å². The summed E-state index contributed by atoms with van der Waals surface area (Å²) in [6.07, 6.45) is 14.5.